The molecule has 0 saturated heterocycles. The third-order valence-electron chi connectivity index (χ3n) is 2.27. The van der Waals surface area contributed by atoms with E-state index in [2.05, 4.69) is 11.1 Å². The molecule has 0 atom stereocenters. The van der Waals surface area contributed by atoms with Gasteiger partial charge in [0.1, 0.15) is 5.82 Å². The van der Waals surface area contributed by atoms with Crippen molar-refractivity contribution in [2.45, 2.75) is 0 Å². The van der Waals surface area contributed by atoms with Crippen molar-refractivity contribution in [1.82, 2.24) is 4.98 Å². The van der Waals surface area contributed by atoms with Crippen LogP contribution in [-0.2, 0) is 0 Å². The second-order valence-electron chi connectivity index (χ2n) is 3.46. The fourth-order valence-electron chi connectivity index (χ4n) is 1.43. The van der Waals surface area contributed by atoms with E-state index in [1.54, 1.807) is 36.7 Å². The summed E-state index contributed by atoms with van der Waals surface area (Å²) < 4.78 is 12.7. The summed E-state index contributed by atoms with van der Waals surface area (Å²) in [5.74, 6) is -0.290. The Hall–Kier alpha value is -2.47. The Morgan fingerprint density at radius 1 is 1.24 bits per heavy atom. The first-order chi connectivity index (χ1) is 8.29. The fraction of sp³-hybridized carbons (Fsp3) is 0. The van der Waals surface area contributed by atoms with Crippen LogP contribution in [0.3, 0.4) is 0 Å². The van der Waals surface area contributed by atoms with E-state index in [-0.39, 0.29) is 5.82 Å². The number of aromatic nitrogens is 1. The predicted octanol–water partition coefficient (Wildman–Crippen LogP) is 3.28. The molecule has 0 N–H and O–H groups in total. The van der Waals surface area contributed by atoms with Gasteiger partial charge in [0.2, 0.25) is 0 Å². The molecule has 1 aromatic carbocycles. The van der Waals surface area contributed by atoms with Gasteiger partial charge in [-0.25, -0.2) is 4.39 Å². The molecule has 82 valence electrons. The van der Waals surface area contributed by atoms with Crippen molar-refractivity contribution in [1.29, 1.82) is 5.26 Å². The molecule has 1 aromatic heterocycles. The molecular formula is C14H9FN2. The molecule has 0 unspecified atom stereocenters. The summed E-state index contributed by atoms with van der Waals surface area (Å²) in [6.07, 6.45) is 4.98. The number of rotatable bonds is 2. The number of allylic oxidation sites excluding steroid dienone is 1. The molecule has 0 aliphatic carbocycles. The van der Waals surface area contributed by atoms with Crippen LogP contribution in [0.25, 0.3) is 11.6 Å². The molecule has 0 radical (unpaired) electrons. The van der Waals surface area contributed by atoms with Crippen molar-refractivity contribution in [3.63, 3.8) is 0 Å². The summed E-state index contributed by atoms with van der Waals surface area (Å²) in [5, 5.41) is 9.08. The number of halogens is 1. The SMILES string of the molecule is N#C/C(=C\c1ccc(F)cc1)c1cccnc1. The first kappa shape index (κ1) is 11.0. The number of pyridine rings is 1. The minimum Gasteiger partial charge on any atom is -0.264 e. The zero-order valence-corrected chi connectivity index (χ0v) is 8.97. The molecular weight excluding hydrogens is 215 g/mol. The van der Waals surface area contributed by atoms with Crippen molar-refractivity contribution in [2.24, 2.45) is 0 Å². The molecule has 17 heavy (non-hydrogen) atoms. The Kier molecular flexibility index (Phi) is 3.27. The summed E-state index contributed by atoms with van der Waals surface area (Å²) in [4.78, 5) is 3.96. The summed E-state index contributed by atoms with van der Waals surface area (Å²) >= 11 is 0. The summed E-state index contributed by atoms with van der Waals surface area (Å²) in [6.45, 7) is 0. The van der Waals surface area contributed by atoms with Gasteiger partial charge in [0.15, 0.2) is 0 Å². The van der Waals surface area contributed by atoms with E-state index in [0.29, 0.717) is 5.57 Å². The molecule has 2 nitrogen and oxygen atoms in total. The largest absolute Gasteiger partial charge is 0.264 e. The quantitative estimate of drug-likeness (QED) is 0.734. The number of hydrogen-bond donors (Lipinski definition) is 0. The van der Waals surface area contributed by atoms with Gasteiger partial charge >= 0.3 is 0 Å². The number of nitriles is 1. The lowest BCUT2D eigenvalue weighted by Gasteiger charge is -1.98. The molecule has 2 aromatic rings. The topological polar surface area (TPSA) is 36.7 Å². The first-order valence-corrected chi connectivity index (χ1v) is 5.07. The Morgan fingerprint density at radius 2 is 2.00 bits per heavy atom. The van der Waals surface area contributed by atoms with Crippen molar-refractivity contribution in [2.75, 3.05) is 0 Å². The van der Waals surface area contributed by atoms with Gasteiger partial charge in [-0.2, -0.15) is 5.26 Å². The van der Waals surface area contributed by atoms with Crippen LogP contribution in [0.4, 0.5) is 4.39 Å². The Morgan fingerprint density at radius 3 is 2.59 bits per heavy atom. The van der Waals surface area contributed by atoms with Crippen LogP contribution in [0.15, 0.2) is 48.8 Å². The van der Waals surface area contributed by atoms with Crippen LogP contribution in [0, 0.1) is 17.1 Å². The van der Waals surface area contributed by atoms with E-state index in [1.165, 1.54) is 12.1 Å². The zero-order valence-electron chi connectivity index (χ0n) is 8.97. The van der Waals surface area contributed by atoms with Gasteiger partial charge in [-0.05, 0) is 29.8 Å². The standard InChI is InChI=1S/C14H9FN2/c15-14-5-3-11(4-6-14)8-13(9-16)12-2-1-7-17-10-12/h1-8,10H/b13-8+. The van der Waals surface area contributed by atoms with Crippen LogP contribution in [-0.4, -0.2) is 4.98 Å². The van der Waals surface area contributed by atoms with E-state index in [0.717, 1.165) is 11.1 Å². The average Bonchev–Trinajstić information content (AvgIpc) is 2.39. The van der Waals surface area contributed by atoms with Crippen LogP contribution in [0.2, 0.25) is 0 Å². The van der Waals surface area contributed by atoms with Gasteiger partial charge in [0.05, 0.1) is 11.6 Å². The average molecular weight is 224 g/mol. The molecule has 3 heteroatoms. The second-order valence-corrected chi connectivity index (χ2v) is 3.46. The van der Waals surface area contributed by atoms with Crippen LogP contribution in [0.1, 0.15) is 11.1 Å². The smallest absolute Gasteiger partial charge is 0.123 e. The third kappa shape index (κ3) is 2.76. The maximum absolute atomic E-state index is 12.7. The van der Waals surface area contributed by atoms with Crippen LogP contribution in [0.5, 0.6) is 0 Å². The Bertz CT molecular complexity index is 565. The van der Waals surface area contributed by atoms with Gasteiger partial charge in [-0.1, -0.05) is 18.2 Å². The van der Waals surface area contributed by atoms with Crippen molar-refractivity contribution in [3.8, 4) is 6.07 Å². The van der Waals surface area contributed by atoms with Gasteiger partial charge in [0.25, 0.3) is 0 Å². The molecule has 0 fully saturated rings. The first-order valence-electron chi connectivity index (χ1n) is 5.07. The minimum absolute atomic E-state index is 0.290. The van der Waals surface area contributed by atoms with E-state index in [4.69, 9.17) is 5.26 Å². The maximum atomic E-state index is 12.7. The Balaban J connectivity index is 2.37. The second kappa shape index (κ2) is 5.04. The predicted molar refractivity (Wildman–Crippen MR) is 64.1 cm³/mol. The minimum atomic E-state index is -0.290. The Labute approximate surface area is 98.7 Å². The van der Waals surface area contributed by atoms with Gasteiger partial charge in [-0.3, -0.25) is 4.98 Å². The molecule has 0 aliphatic heterocycles. The van der Waals surface area contributed by atoms with Crippen LogP contribution >= 0.6 is 0 Å². The van der Waals surface area contributed by atoms with E-state index < -0.39 is 0 Å². The molecule has 0 amide bonds. The van der Waals surface area contributed by atoms with E-state index >= 15 is 0 Å². The molecule has 1 heterocycles. The molecule has 0 saturated carbocycles. The van der Waals surface area contributed by atoms with Crippen molar-refractivity contribution in [3.05, 3.63) is 65.7 Å². The van der Waals surface area contributed by atoms with E-state index in [1.807, 2.05) is 6.07 Å². The molecule has 0 aliphatic rings. The lowest BCUT2D eigenvalue weighted by atomic mass is 10.1. The lowest BCUT2D eigenvalue weighted by Crippen LogP contribution is -1.83. The highest BCUT2D eigenvalue weighted by Crippen LogP contribution is 2.16. The molecule has 0 bridgehead atoms. The zero-order chi connectivity index (χ0) is 12.1. The highest BCUT2D eigenvalue weighted by molar-refractivity contribution is 5.89. The summed E-state index contributed by atoms with van der Waals surface area (Å²) in [6, 6.07) is 11.7. The molecule has 0 spiro atoms. The van der Waals surface area contributed by atoms with Gasteiger partial charge in [0, 0.05) is 18.0 Å². The van der Waals surface area contributed by atoms with Crippen LogP contribution < -0.4 is 0 Å². The van der Waals surface area contributed by atoms with Gasteiger partial charge < -0.3 is 0 Å². The monoisotopic (exact) mass is 224 g/mol. The lowest BCUT2D eigenvalue weighted by molar-refractivity contribution is 0.628. The summed E-state index contributed by atoms with van der Waals surface area (Å²) in [7, 11) is 0. The van der Waals surface area contributed by atoms with Crippen molar-refractivity contribution < 1.29 is 4.39 Å². The third-order valence-corrected chi connectivity index (χ3v) is 2.27. The summed E-state index contributed by atoms with van der Waals surface area (Å²) in [5.41, 5.74) is 2.04. The highest BCUT2D eigenvalue weighted by Gasteiger charge is 2.00. The maximum Gasteiger partial charge on any atom is 0.123 e. The number of nitrogens with zero attached hydrogens (tertiary/aromatic N) is 2. The number of benzene rings is 1. The fourth-order valence-corrected chi connectivity index (χ4v) is 1.43. The molecule has 2 rings (SSSR count). The highest BCUT2D eigenvalue weighted by atomic mass is 19.1. The normalized spacial score (nSPS) is 10.9. The van der Waals surface area contributed by atoms with Gasteiger partial charge in [-0.15, -0.1) is 0 Å². The number of hydrogen-bond acceptors (Lipinski definition) is 2. The van der Waals surface area contributed by atoms with Crippen molar-refractivity contribution >= 4 is 11.6 Å². The van der Waals surface area contributed by atoms with E-state index in [9.17, 15) is 4.39 Å².